The van der Waals surface area contributed by atoms with Crippen molar-refractivity contribution < 1.29 is 19.5 Å². The van der Waals surface area contributed by atoms with Gasteiger partial charge in [-0.2, -0.15) is 0 Å². The molecule has 1 N–H and O–H groups in total. The molecule has 5 nitrogen and oxygen atoms in total. The monoisotopic (exact) mass is 375 g/mol. The van der Waals surface area contributed by atoms with E-state index in [9.17, 15) is 9.90 Å². The summed E-state index contributed by atoms with van der Waals surface area (Å²) in [7, 11) is 1.49. The van der Waals surface area contributed by atoms with Crippen LogP contribution in [0, 0.1) is 5.92 Å². The van der Waals surface area contributed by atoms with Crippen LogP contribution in [0.5, 0.6) is 0 Å². The smallest absolute Gasteiger partial charge is 0.322 e. The van der Waals surface area contributed by atoms with Gasteiger partial charge in [-0.1, -0.05) is 31.2 Å². The summed E-state index contributed by atoms with van der Waals surface area (Å²) in [5.41, 5.74) is -0.864. The molecule has 0 aliphatic heterocycles. The number of hydrogen-bond donors (Lipinski definition) is 1. The van der Waals surface area contributed by atoms with Crippen molar-refractivity contribution in [2.45, 2.75) is 32.4 Å². The molecule has 0 saturated heterocycles. The zero-order chi connectivity index (χ0) is 18.3. The zero-order valence-corrected chi connectivity index (χ0v) is 16.2. The molecule has 0 amide bonds. The Morgan fingerprint density at radius 2 is 2.25 bits per heavy atom. The number of halogens is 1. The van der Waals surface area contributed by atoms with Crippen LogP contribution in [0.4, 0.5) is 0 Å². The van der Waals surface area contributed by atoms with Crippen LogP contribution in [0.2, 0.25) is 0 Å². The van der Waals surface area contributed by atoms with Crippen molar-refractivity contribution in [2.24, 2.45) is 5.92 Å². The number of aliphatic hydroxyl groups is 1. The van der Waals surface area contributed by atoms with Crippen molar-refractivity contribution in [3.63, 3.8) is 0 Å². The van der Waals surface area contributed by atoms with E-state index < -0.39 is 11.7 Å². The third kappa shape index (κ3) is 5.63. The summed E-state index contributed by atoms with van der Waals surface area (Å²) in [5.74, 6) is -0.513. The number of nitrogens with zero attached hydrogens (tertiary/aromatic N) is 1. The van der Waals surface area contributed by atoms with Gasteiger partial charge >= 0.3 is 5.97 Å². The highest BCUT2D eigenvalue weighted by Crippen LogP contribution is 2.36. The first-order valence-electron chi connectivity index (χ1n) is 7.70. The van der Waals surface area contributed by atoms with Gasteiger partial charge in [0.25, 0.3) is 0 Å². The Balaban J connectivity index is 3.17. The molecule has 7 heteroatoms. The molecule has 136 valence electrons. The van der Waals surface area contributed by atoms with Gasteiger partial charge in [0.2, 0.25) is 0 Å². The van der Waals surface area contributed by atoms with E-state index in [0.717, 1.165) is 9.94 Å². The molecule has 1 aliphatic rings. The first-order valence-corrected chi connectivity index (χ1v) is 9.30. The number of hydrogen-bond acceptors (Lipinski definition) is 6. The van der Waals surface area contributed by atoms with E-state index >= 15 is 0 Å². The molecule has 1 unspecified atom stereocenters. The lowest BCUT2D eigenvalue weighted by Crippen LogP contribution is -2.55. The number of allylic oxidation sites excluding steroid dienone is 3. The second-order valence-electron chi connectivity index (χ2n) is 5.77. The van der Waals surface area contributed by atoms with Crippen molar-refractivity contribution >= 4 is 29.3 Å². The van der Waals surface area contributed by atoms with Crippen molar-refractivity contribution in [2.75, 3.05) is 26.5 Å². The first-order chi connectivity index (χ1) is 11.2. The summed E-state index contributed by atoms with van der Waals surface area (Å²) < 4.78 is 5.23. The standard InChI is InChI=1S/C17H26ClNO4S/c1-12-10-15(18)6-7-16(12)17(21,11-22-4)19(23-14(3)20)9-8-13(2)24-5/h6-7,12,21H,2,8-11H2,1,3-5H3/t12?,17-/m0/s1. The normalized spacial score (nSPS) is 20.2. The molecule has 1 rings (SSSR count). The Kier molecular flexibility index (Phi) is 8.53. The Labute approximate surface area is 153 Å². The molecule has 0 saturated carbocycles. The fourth-order valence-electron chi connectivity index (χ4n) is 2.63. The Morgan fingerprint density at radius 1 is 1.58 bits per heavy atom. The van der Waals surface area contributed by atoms with E-state index in [-0.39, 0.29) is 12.5 Å². The van der Waals surface area contributed by atoms with E-state index in [1.807, 2.05) is 13.2 Å². The van der Waals surface area contributed by atoms with Gasteiger partial charge in [0.05, 0.1) is 6.61 Å². The Bertz CT molecular complexity index is 535. The minimum absolute atomic E-state index is 0.00976. The van der Waals surface area contributed by atoms with E-state index in [1.165, 1.54) is 30.9 Å². The predicted octanol–water partition coefficient (Wildman–Crippen LogP) is 3.46. The second kappa shape index (κ2) is 9.63. The SMILES string of the molecule is C=C(CCN(OC(C)=O)[C@](O)(COC)C1=CC=C(Cl)CC1C)SC. The average Bonchev–Trinajstić information content (AvgIpc) is 2.50. The molecule has 0 radical (unpaired) electrons. The summed E-state index contributed by atoms with van der Waals surface area (Å²) in [6, 6.07) is 0. The number of methoxy groups -OCH3 is 1. The maximum Gasteiger partial charge on any atom is 0.322 e. The number of carbonyl (C=O) groups excluding carboxylic acids is 1. The van der Waals surface area contributed by atoms with Crippen LogP contribution in [0.1, 0.15) is 26.7 Å². The molecule has 2 atom stereocenters. The van der Waals surface area contributed by atoms with Gasteiger partial charge in [0.1, 0.15) is 0 Å². The van der Waals surface area contributed by atoms with Gasteiger partial charge in [0, 0.05) is 25.6 Å². The third-order valence-electron chi connectivity index (χ3n) is 3.82. The van der Waals surface area contributed by atoms with E-state index in [0.29, 0.717) is 25.0 Å². The van der Waals surface area contributed by atoms with Gasteiger partial charge < -0.3 is 14.7 Å². The predicted molar refractivity (Wildman–Crippen MR) is 98.4 cm³/mol. The van der Waals surface area contributed by atoms with Crippen LogP contribution in [0.15, 0.2) is 34.2 Å². The van der Waals surface area contributed by atoms with Crippen LogP contribution in [0.3, 0.4) is 0 Å². The van der Waals surface area contributed by atoms with Crippen molar-refractivity contribution in [1.29, 1.82) is 0 Å². The highest BCUT2D eigenvalue weighted by atomic mass is 35.5. The zero-order valence-electron chi connectivity index (χ0n) is 14.7. The molecular weight excluding hydrogens is 350 g/mol. The number of rotatable bonds is 9. The lowest BCUT2D eigenvalue weighted by atomic mass is 9.85. The highest BCUT2D eigenvalue weighted by Gasteiger charge is 2.43. The number of carbonyl (C=O) groups is 1. The molecule has 0 aromatic heterocycles. The van der Waals surface area contributed by atoms with Crippen LogP contribution in [0.25, 0.3) is 0 Å². The van der Waals surface area contributed by atoms with Crippen LogP contribution >= 0.6 is 23.4 Å². The van der Waals surface area contributed by atoms with Gasteiger partial charge in [-0.3, -0.25) is 4.79 Å². The molecular formula is C17H26ClNO4S. The summed E-state index contributed by atoms with van der Waals surface area (Å²) in [4.78, 5) is 17.8. The largest absolute Gasteiger partial charge is 0.380 e. The fourth-order valence-corrected chi connectivity index (χ4v) is 3.22. The van der Waals surface area contributed by atoms with Gasteiger partial charge in [-0.15, -0.1) is 16.8 Å². The molecule has 1 aliphatic carbocycles. The fraction of sp³-hybridized carbons (Fsp3) is 0.588. The Morgan fingerprint density at radius 3 is 2.75 bits per heavy atom. The van der Waals surface area contributed by atoms with E-state index in [4.69, 9.17) is 21.2 Å². The molecule has 0 aromatic rings. The first kappa shape index (κ1) is 21.3. The van der Waals surface area contributed by atoms with Gasteiger partial charge in [0.15, 0.2) is 5.72 Å². The number of thioether (sulfide) groups is 1. The molecule has 0 spiro atoms. The highest BCUT2D eigenvalue weighted by molar-refractivity contribution is 8.02. The Hall–Kier alpha value is -0.790. The van der Waals surface area contributed by atoms with E-state index in [2.05, 4.69) is 6.58 Å². The average molecular weight is 376 g/mol. The van der Waals surface area contributed by atoms with Crippen molar-refractivity contribution in [3.8, 4) is 0 Å². The maximum absolute atomic E-state index is 11.5. The van der Waals surface area contributed by atoms with Gasteiger partial charge in [-0.25, -0.2) is 0 Å². The molecule has 0 heterocycles. The summed E-state index contributed by atoms with van der Waals surface area (Å²) >= 11 is 7.61. The van der Waals surface area contributed by atoms with Crippen LogP contribution in [-0.4, -0.2) is 48.4 Å². The second-order valence-corrected chi connectivity index (χ2v) is 7.24. The number of hydroxylamine groups is 2. The summed E-state index contributed by atoms with van der Waals surface area (Å²) in [6.45, 7) is 7.47. The summed E-state index contributed by atoms with van der Waals surface area (Å²) in [6.07, 6.45) is 6.64. The maximum atomic E-state index is 11.5. The molecule has 0 bridgehead atoms. The van der Waals surface area contributed by atoms with Crippen LogP contribution < -0.4 is 0 Å². The van der Waals surface area contributed by atoms with E-state index in [1.54, 1.807) is 12.2 Å². The van der Waals surface area contributed by atoms with Crippen LogP contribution in [-0.2, 0) is 14.4 Å². The van der Waals surface area contributed by atoms with Crippen molar-refractivity contribution in [1.82, 2.24) is 5.06 Å². The van der Waals surface area contributed by atoms with Crippen molar-refractivity contribution in [3.05, 3.63) is 34.2 Å². The third-order valence-corrected chi connectivity index (χ3v) is 4.88. The molecule has 0 aromatic carbocycles. The molecule has 24 heavy (non-hydrogen) atoms. The minimum atomic E-state index is -1.56. The minimum Gasteiger partial charge on any atom is -0.380 e. The molecule has 0 fully saturated rings. The number of ether oxygens (including phenoxy) is 1. The quantitative estimate of drug-likeness (QED) is 0.492. The lowest BCUT2D eigenvalue weighted by molar-refractivity contribution is -0.275. The van der Waals surface area contributed by atoms with Gasteiger partial charge in [-0.05, 0) is 41.6 Å². The lowest BCUT2D eigenvalue weighted by Gasteiger charge is -2.41. The summed E-state index contributed by atoms with van der Waals surface area (Å²) in [5, 5.41) is 13.3. The topological polar surface area (TPSA) is 59.0 Å².